The van der Waals surface area contributed by atoms with E-state index in [9.17, 15) is 23.1 Å². The van der Waals surface area contributed by atoms with E-state index in [0.29, 0.717) is 3.57 Å². The Morgan fingerprint density at radius 3 is 2.63 bits per heavy atom. The number of amides is 1. The van der Waals surface area contributed by atoms with Crippen LogP contribution in [-0.4, -0.2) is 49.6 Å². The van der Waals surface area contributed by atoms with E-state index in [0.717, 1.165) is 12.1 Å². The molecule has 1 aromatic heterocycles. The van der Waals surface area contributed by atoms with E-state index >= 15 is 0 Å². The van der Waals surface area contributed by atoms with Gasteiger partial charge < -0.3 is 15.3 Å². The van der Waals surface area contributed by atoms with Gasteiger partial charge in [0.15, 0.2) is 11.6 Å². The largest absolute Gasteiger partial charge is 0.384 e. The molecular formula is C19H15F3IN5O2. The maximum Gasteiger partial charge on any atom is 0.256 e. The third-order valence-electron chi connectivity index (χ3n) is 4.70. The van der Waals surface area contributed by atoms with E-state index in [-0.39, 0.29) is 30.9 Å². The van der Waals surface area contributed by atoms with Gasteiger partial charge in [-0.3, -0.25) is 4.79 Å². The predicted molar refractivity (Wildman–Crippen MR) is 110 cm³/mol. The number of nitrogens with one attached hydrogen (secondary N) is 1. The van der Waals surface area contributed by atoms with E-state index < -0.39 is 34.6 Å². The van der Waals surface area contributed by atoms with Crippen LogP contribution in [0.15, 0.2) is 42.7 Å². The number of hydrogen-bond donors (Lipinski definition) is 2. The lowest BCUT2D eigenvalue weighted by molar-refractivity contribution is -0.0930. The molecule has 0 unspecified atom stereocenters. The van der Waals surface area contributed by atoms with Gasteiger partial charge in [0.05, 0.1) is 42.8 Å². The second kappa shape index (κ2) is 7.87. The highest BCUT2D eigenvalue weighted by Crippen LogP contribution is 2.32. The van der Waals surface area contributed by atoms with Gasteiger partial charge in [-0.15, -0.1) is 5.10 Å². The number of carbonyl (C=O) groups is 1. The minimum atomic E-state index is -1.29. The molecule has 2 heterocycles. The molecule has 0 radical (unpaired) electrons. The molecule has 11 heteroatoms. The third-order valence-corrected chi connectivity index (χ3v) is 5.37. The Kier molecular flexibility index (Phi) is 5.40. The van der Waals surface area contributed by atoms with Crippen LogP contribution in [0.1, 0.15) is 10.4 Å². The number of rotatable bonds is 5. The lowest BCUT2D eigenvalue weighted by atomic mass is 9.93. The van der Waals surface area contributed by atoms with Gasteiger partial charge in [-0.05, 0) is 52.9 Å². The minimum Gasteiger partial charge on any atom is -0.384 e. The van der Waals surface area contributed by atoms with E-state index in [2.05, 4.69) is 15.6 Å². The standard InChI is InChI=1S/C19H15F3IN5O2/c20-13-3-2-12(17(16(13)22)25-15-4-1-11(23)7-14(15)21)18(29)27-8-19(30,9-27)10-28-6-5-24-26-28/h1-7,25,30H,8-10H2. The normalized spacial score (nSPS) is 15.0. The fourth-order valence-corrected chi connectivity index (χ4v) is 3.73. The number of hydrogen-bond acceptors (Lipinski definition) is 5. The van der Waals surface area contributed by atoms with Crippen LogP contribution in [0.5, 0.6) is 0 Å². The minimum absolute atomic E-state index is 0.0258. The molecule has 1 saturated heterocycles. The summed E-state index contributed by atoms with van der Waals surface area (Å²) in [6.07, 6.45) is 3.04. The zero-order valence-electron chi connectivity index (χ0n) is 15.3. The lowest BCUT2D eigenvalue weighted by Gasteiger charge is -2.46. The molecule has 0 spiro atoms. The first-order valence-electron chi connectivity index (χ1n) is 8.82. The van der Waals surface area contributed by atoms with Crippen molar-refractivity contribution < 1.29 is 23.1 Å². The van der Waals surface area contributed by atoms with Gasteiger partial charge >= 0.3 is 0 Å². The van der Waals surface area contributed by atoms with Crippen LogP contribution in [0, 0.1) is 21.0 Å². The number of nitrogens with zero attached hydrogens (tertiary/aromatic N) is 4. The average Bonchev–Trinajstić information content (AvgIpc) is 3.17. The number of carbonyl (C=O) groups excluding carboxylic acids is 1. The number of β-amino-alcohol motifs (C(OH)–C–C–N with tert-alkyl or cyclic N) is 1. The molecule has 0 saturated carbocycles. The number of aliphatic hydroxyl groups is 1. The summed E-state index contributed by atoms with van der Waals surface area (Å²) >= 11 is 1.92. The summed E-state index contributed by atoms with van der Waals surface area (Å²) in [5.41, 5.74) is -1.95. The van der Waals surface area contributed by atoms with E-state index in [1.807, 2.05) is 22.6 Å². The number of likely N-dealkylation sites (tertiary alicyclic amines) is 1. The van der Waals surface area contributed by atoms with E-state index in [1.165, 1.54) is 27.9 Å². The molecule has 1 fully saturated rings. The van der Waals surface area contributed by atoms with Crippen molar-refractivity contribution in [1.82, 2.24) is 19.9 Å². The lowest BCUT2D eigenvalue weighted by Crippen LogP contribution is -2.65. The van der Waals surface area contributed by atoms with Gasteiger partial charge in [-0.2, -0.15) is 0 Å². The maximum atomic E-state index is 14.5. The molecular weight excluding hydrogens is 514 g/mol. The van der Waals surface area contributed by atoms with E-state index in [4.69, 9.17) is 0 Å². The molecule has 2 aromatic carbocycles. The summed E-state index contributed by atoms with van der Waals surface area (Å²) in [6, 6.07) is 6.14. The van der Waals surface area contributed by atoms with Crippen molar-refractivity contribution in [3.63, 3.8) is 0 Å². The van der Waals surface area contributed by atoms with Gasteiger partial charge in [0.25, 0.3) is 5.91 Å². The Bertz CT molecular complexity index is 1100. The topological polar surface area (TPSA) is 83.3 Å². The molecule has 3 aromatic rings. The van der Waals surface area contributed by atoms with Crippen molar-refractivity contribution in [3.8, 4) is 0 Å². The maximum absolute atomic E-state index is 14.5. The van der Waals surface area contributed by atoms with Crippen LogP contribution < -0.4 is 5.32 Å². The summed E-state index contributed by atoms with van der Waals surface area (Å²) in [4.78, 5) is 14.2. The summed E-state index contributed by atoms with van der Waals surface area (Å²) in [5, 5.41) is 20.5. The number of anilines is 2. The highest BCUT2D eigenvalue weighted by atomic mass is 127. The molecule has 1 aliphatic rings. The second-order valence-electron chi connectivity index (χ2n) is 7.02. The Balaban J connectivity index is 1.57. The Morgan fingerprint density at radius 1 is 1.20 bits per heavy atom. The van der Waals surface area contributed by atoms with Crippen molar-refractivity contribution >= 4 is 39.9 Å². The second-order valence-corrected chi connectivity index (χ2v) is 8.26. The van der Waals surface area contributed by atoms with Gasteiger partial charge in [0.1, 0.15) is 11.4 Å². The van der Waals surface area contributed by atoms with Crippen molar-refractivity contribution in [3.05, 3.63) is 69.3 Å². The van der Waals surface area contributed by atoms with Crippen LogP contribution in [0.2, 0.25) is 0 Å². The summed E-state index contributed by atoms with van der Waals surface area (Å²) < 4.78 is 44.6. The first kappa shape index (κ1) is 20.6. The summed E-state index contributed by atoms with van der Waals surface area (Å²) in [5.74, 6) is -3.76. The molecule has 1 aliphatic heterocycles. The quantitative estimate of drug-likeness (QED) is 0.497. The molecule has 2 N–H and O–H groups in total. The molecule has 156 valence electrons. The molecule has 0 atom stereocenters. The van der Waals surface area contributed by atoms with Crippen molar-refractivity contribution in [2.45, 2.75) is 12.1 Å². The smallest absolute Gasteiger partial charge is 0.256 e. The fraction of sp³-hybridized carbons (Fsp3) is 0.211. The van der Waals surface area contributed by atoms with Crippen LogP contribution in [-0.2, 0) is 6.54 Å². The van der Waals surface area contributed by atoms with Gasteiger partial charge in [-0.1, -0.05) is 5.21 Å². The molecule has 1 amide bonds. The summed E-state index contributed by atoms with van der Waals surface area (Å²) in [7, 11) is 0. The highest BCUT2D eigenvalue weighted by Gasteiger charge is 2.45. The molecule has 4 rings (SSSR count). The van der Waals surface area contributed by atoms with Crippen LogP contribution in [0.25, 0.3) is 0 Å². The summed E-state index contributed by atoms with van der Waals surface area (Å²) in [6.45, 7) is 0.0809. The van der Waals surface area contributed by atoms with Crippen molar-refractivity contribution in [2.75, 3.05) is 18.4 Å². The van der Waals surface area contributed by atoms with Gasteiger partial charge in [0.2, 0.25) is 0 Å². The predicted octanol–water partition coefficient (Wildman–Crippen LogP) is 2.93. The number of benzene rings is 2. The monoisotopic (exact) mass is 529 g/mol. The Labute approximate surface area is 182 Å². The Morgan fingerprint density at radius 2 is 1.97 bits per heavy atom. The van der Waals surface area contributed by atoms with Gasteiger partial charge in [-0.25, -0.2) is 17.9 Å². The zero-order valence-corrected chi connectivity index (χ0v) is 17.5. The first-order valence-corrected chi connectivity index (χ1v) is 9.89. The fourth-order valence-electron chi connectivity index (χ4n) is 3.27. The zero-order chi connectivity index (χ0) is 21.5. The van der Waals surface area contributed by atoms with Crippen LogP contribution >= 0.6 is 22.6 Å². The number of halogens is 4. The first-order chi connectivity index (χ1) is 14.3. The van der Waals surface area contributed by atoms with Crippen molar-refractivity contribution in [2.24, 2.45) is 0 Å². The highest BCUT2D eigenvalue weighted by molar-refractivity contribution is 14.1. The SMILES string of the molecule is O=C(c1ccc(F)c(F)c1Nc1ccc(I)cc1F)N1CC(O)(Cn2ccnn2)C1. The van der Waals surface area contributed by atoms with Crippen LogP contribution in [0.3, 0.4) is 0 Å². The molecule has 7 nitrogen and oxygen atoms in total. The van der Waals surface area contributed by atoms with Crippen molar-refractivity contribution in [1.29, 1.82) is 0 Å². The Hall–Kier alpha value is -2.67. The average molecular weight is 529 g/mol. The van der Waals surface area contributed by atoms with Gasteiger partial charge in [0, 0.05) is 9.77 Å². The van der Waals surface area contributed by atoms with E-state index in [1.54, 1.807) is 12.3 Å². The molecule has 30 heavy (non-hydrogen) atoms. The molecule has 0 bridgehead atoms. The van der Waals surface area contributed by atoms with Crippen LogP contribution in [0.4, 0.5) is 24.5 Å². The third kappa shape index (κ3) is 3.99. The number of aromatic nitrogens is 3. The molecule has 0 aliphatic carbocycles.